The summed E-state index contributed by atoms with van der Waals surface area (Å²) in [6.07, 6.45) is 1.11. The Morgan fingerprint density at radius 2 is 1.71 bits per heavy atom. The van der Waals surface area contributed by atoms with Crippen LogP contribution in [-0.2, 0) is 16.6 Å². The van der Waals surface area contributed by atoms with E-state index < -0.39 is 10.0 Å². The van der Waals surface area contributed by atoms with Gasteiger partial charge in [0.25, 0.3) is 0 Å². The highest BCUT2D eigenvalue weighted by molar-refractivity contribution is 7.92. The minimum atomic E-state index is -3.29. The molecule has 0 bridgehead atoms. The number of sulfonamides is 1. The minimum Gasteiger partial charge on any atom is -0.381 e. The molecule has 0 spiro atoms. The molecule has 0 aromatic heterocycles. The highest BCUT2D eigenvalue weighted by Gasteiger charge is 2.05. The highest BCUT2D eigenvalue weighted by atomic mass is 35.5. The molecule has 7 heteroatoms. The molecule has 0 amide bonds. The molecule has 112 valence electrons. The van der Waals surface area contributed by atoms with E-state index in [2.05, 4.69) is 10.0 Å². The second-order valence-electron chi connectivity index (χ2n) is 4.52. The van der Waals surface area contributed by atoms with Crippen LogP contribution >= 0.6 is 23.2 Å². The lowest BCUT2D eigenvalue weighted by atomic mass is 10.2. The van der Waals surface area contributed by atoms with E-state index >= 15 is 0 Å². The van der Waals surface area contributed by atoms with Gasteiger partial charge in [0.1, 0.15) is 0 Å². The molecule has 0 radical (unpaired) electrons. The molecule has 0 saturated carbocycles. The Hall–Kier alpha value is -1.43. The normalized spacial score (nSPS) is 11.2. The lowest BCUT2D eigenvalue weighted by Crippen LogP contribution is -2.09. The molecular formula is C14H14Cl2N2O2S. The third kappa shape index (κ3) is 4.81. The van der Waals surface area contributed by atoms with Gasteiger partial charge in [-0.05, 0) is 29.8 Å². The van der Waals surface area contributed by atoms with Gasteiger partial charge in [0.05, 0.1) is 22.0 Å². The smallest absolute Gasteiger partial charge is 0.229 e. The van der Waals surface area contributed by atoms with Gasteiger partial charge < -0.3 is 5.32 Å². The zero-order chi connectivity index (χ0) is 15.5. The number of hydrogen-bond donors (Lipinski definition) is 2. The lowest BCUT2D eigenvalue weighted by Gasteiger charge is -2.11. The van der Waals surface area contributed by atoms with Crippen molar-refractivity contribution in [3.05, 3.63) is 58.1 Å². The molecule has 21 heavy (non-hydrogen) atoms. The number of benzene rings is 2. The summed E-state index contributed by atoms with van der Waals surface area (Å²) < 4.78 is 24.8. The van der Waals surface area contributed by atoms with Crippen LogP contribution in [-0.4, -0.2) is 14.7 Å². The van der Waals surface area contributed by atoms with Gasteiger partial charge in [-0.3, -0.25) is 4.72 Å². The molecule has 2 rings (SSSR count). The molecule has 4 nitrogen and oxygen atoms in total. The topological polar surface area (TPSA) is 58.2 Å². The number of halogens is 2. The van der Waals surface area contributed by atoms with Crippen molar-refractivity contribution in [2.24, 2.45) is 0 Å². The van der Waals surface area contributed by atoms with Crippen molar-refractivity contribution in [1.82, 2.24) is 0 Å². The van der Waals surface area contributed by atoms with Crippen LogP contribution < -0.4 is 10.0 Å². The van der Waals surface area contributed by atoms with Crippen LogP contribution in [0.1, 0.15) is 5.56 Å². The van der Waals surface area contributed by atoms with Crippen LogP contribution in [0.4, 0.5) is 11.4 Å². The van der Waals surface area contributed by atoms with Crippen molar-refractivity contribution in [2.45, 2.75) is 6.54 Å². The fourth-order valence-corrected chi connectivity index (χ4v) is 2.73. The van der Waals surface area contributed by atoms with Gasteiger partial charge in [0.15, 0.2) is 0 Å². The largest absolute Gasteiger partial charge is 0.381 e. The summed E-state index contributed by atoms with van der Waals surface area (Å²) in [7, 11) is -3.29. The average Bonchev–Trinajstić information content (AvgIpc) is 2.39. The van der Waals surface area contributed by atoms with Gasteiger partial charge in [0.2, 0.25) is 10.0 Å². The van der Waals surface area contributed by atoms with E-state index in [1.807, 2.05) is 18.2 Å². The first kappa shape index (κ1) is 15.9. The second kappa shape index (κ2) is 6.56. The Morgan fingerprint density at radius 3 is 2.43 bits per heavy atom. The van der Waals surface area contributed by atoms with E-state index in [1.165, 1.54) is 0 Å². The zero-order valence-electron chi connectivity index (χ0n) is 11.2. The van der Waals surface area contributed by atoms with Crippen LogP contribution in [0.15, 0.2) is 42.5 Å². The van der Waals surface area contributed by atoms with Crippen LogP contribution in [0.25, 0.3) is 0 Å². The van der Waals surface area contributed by atoms with E-state index in [0.717, 1.165) is 17.5 Å². The summed E-state index contributed by atoms with van der Waals surface area (Å²) in [5.41, 5.74) is 2.14. The van der Waals surface area contributed by atoms with Crippen LogP contribution in [0.5, 0.6) is 0 Å². The molecule has 0 atom stereocenters. The first-order valence-electron chi connectivity index (χ1n) is 6.10. The molecule has 2 aromatic rings. The van der Waals surface area contributed by atoms with Gasteiger partial charge in [-0.2, -0.15) is 0 Å². The summed E-state index contributed by atoms with van der Waals surface area (Å²) in [5, 5.41) is 4.19. The summed E-state index contributed by atoms with van der Waals surface area (Å²) in [4.78, 5) is 0. The Kier molecular flexibility index (Phi) is 4.98. The third-order valence-electron chi connectivity index (χ3n) is 2.68. The van der Waals surface area contributed by atoms with Crippen LogP contribution in [0.3, 0.4) is 0 Å². The third-order valence-corrected chi connectivity index (χ3v) is 4.14. The Labute approximate surface area is 134 Å². The molecule has 0 saturated heterocycles. The molecule has 0 aliphatic carbocycles. The van der Waals surface area contributed by atoms with Crippen LogP contribution in [0, 0.1) is 0 Å². The summed E-state index contributed by atoms with van der Waals surface area (Å²) in [6, 6.07) is 12.4. The first-order chi connectivity index (χ1) is 9.85. The maximum Gasteiger partial charge on any atom is 0.229 e. The molecule has 0 aliphatic rings. The van der Waals surface area contributed by atoms with E-state index in [9.17, 15) is 8.42 Å². The fourth-order valence-electron chi connectivity index (χ4n) is 1.79. The second-order valence-corrected chi connectivity index (χ2v) is 7.06. The molecule has 0 fully saturated rings. The monoisotopic (exact) mass is 344 g/mol. The maximum atomic E-state index is 11.2. The van der Waals surface area contributed by atoms with Gasteiger partial charge in [-0.1, -0.05) is 41.4 Å². The Bertz CT molecular complexity index is 748. The first-order valence-corrected chi connectivity index (χ1v) is 8.74. The quantitative estimate of drug-likeness (QED) is 0.862. The SMILES string of the molecule is CS(=O)(=O)Nc1cccc(NCc2cccc(Cl)c2Cl)c1. The maximum absolute atomic E-state index is 11.2. The molecule has 2 N–H and O–H groups in total. The summed E-state index contributed by atoms with van der Waals surface area (Å²) >= 11 is 12.1. The van der Waals surface area contributed by atoms with Crippen molar-refractivity contribution in [3.63, 3.8) is 0 Å². The van der Waals surface area contributed by atoms with Crippen molar-refractivity contribution < 1.29 is 8.42 Å². The van der Waals surface area contributed by atoms with Crippen LogP contribution in [0.2, 0.25) is 10.0 Å². The van der Waals surface area contributed by atoms with E-state index in [1.54, 1.807) is 24.3 Å². The molecule has 0 heterocycles. The van der Waals surface area contributed by atoms with Gasteiger partial charge >= 0.3 is 0 Å². The van der Waals surface area contributed by atoms with Crippen molar-refractivity contribution in [1.29, 1.82) is 0 Å². The predicted octanol–water partition coefficient (Wildman–Crippen LogP) is 3.98. The van der Waals surface area contributed by atoms with Crippen molar-refractivity contribution >= 4 is 44.6 Å². The fraction of sp³-hybridized carbons (Fsp3) is 0.143. The predicted molar refractivity (Wildman–Crippen MR) is 88.7 cm³/mol. The van der Waals surface area contributed by atoms with Crippen molar-refractivity contribution in [3.8, 4) is 0 Å². The van der Waals surface area contributed by atoms with E-state index in [0.29, 0.717) is 22.3 Å². The van der Waals surface area contributed by atoms with E-state index in [-0.39, 0.29) is 0 Å². The Morgan fingerprint density at radius 1 is 1.05 bits per heavy atom. The zero-order valence-corrected chi connectivity index (χ0v) is 13.6. The van der Waals surface area contributed by atoms with E-state index in [4.69, 9.17) is 23.2 Å². The van der Waals surface area contributed by atoms with Gasteiger partial charge in [0, 0.05) is 12.2 Å². The minimum absolute atomic E-state index is 0.488. The van der Waals surface area contributed by atoms with Crippen molar-refractivity contribution in [2.75, 3.05) is 16.3 Å². The average molecular weight is 345 g/mol. The molecular weight excluding hydrogens is 331 g/mol. The highest BCUT2D eigenvalue weighted by Crippen LogP contribution is 2.26. The number of nitrogens with one attached hydrogen (secondary N) is 2. The van der Waals surface area contributed by atoms with Gasteiger partial charge in [-0.15, -0.1) is 0 Å². The summed E-state index contributed by atoms with van der Waals surface area (Å²) in [5.74, 6) is 0. The number of anilines is 2. The Balaban J connectivity index is 2.10. The van der Waals surface area contributed by atoms with Gasteiger partial charge in [-0.25, -0.2) is 8.42 Å². The molecule has 2 aromatic carbocycles. The molecule has 0 unspecified atom stereocenters. The number of rotatable bonds is 5. The standard InChI is InChI=1S/C14H14Cl2N2O2S/c1-21(19,20)18-12-6-3-5-11(8-12)17-9-10-4-2-7-13(15)14(10)16/h2-8,17-18H,9H2,1H3. The lowest BCUT2D eigenvalue weighted by molar-refractivity contribution is 0.607. The molecule has 0 aliphatic heterocycles. The number of hydrogen-bond acceptors (Lipinski definition) is 3. The summed E-state index contributed by atoms with van der Waals surface area (Å²) in [6.45, 7) is 0.488.